The van der Waals surface area contributed by atoms with Crippen molar-refractivity contribution < 1.29 is 4.74 Å². The molecule has 1 saturated carbocycles. The summed E-state index contributed by atoms with van der Waals surface area (Å²) in [5.41, 5.74) is 0.165. The lowest BCUT2D eigenvalue weighted by atomic mass is 10.0. The molecule has 0 heterocycles. The Morgan fingerprint density at radius 1 is 1.19 bits per heavy atom. The summed E-state index contributed by atoms with van der Waals surface area (Å²) < 4.78 is 6.18. The van der Waals surface area contributed by atoms with E-state index in [-0.39, 0.29) is 5.60 Å². The minimum Gasteiger partial charge on any atom is -0.374 e. The van der Waals surface area contributed by atoms with Crippen molar-refractivity contribution >= 4 is 0 Å². The van der Waals surface area contributed by atoms with Crippen LogP contribution in [-0.2, 0) is 4.74 Å². The Hall–Kier alpha value is -0.0800. The van der Waals surface area contributed by atoms with Gasteiger partial charge in [-0.05, 0) is 19.3 Å². The van der Waals surface area contributed by atoms with Crippen LogP contribution in [0, 0.1) is 0 Å². The molecule has 0 aromatic carbocycles. The molecule has 0 unspecified atom stereocenters. The number of nitrogens with one attached hydrogen (secondary N) is 1. The first kappa shape index (κ1) is 14.0. The van der Waals surface area contributed by atoms with E-state index in [1.165, 1.54) is 44.9 Å². The molecule has 0 aromatic rings. The third-order valence-corrected chi connectivity index (χ3v) is 3.50. The van der Waals surface area contributed by atoms with Gasteiger partial charge in [-0.3, -0.25) is 0 Å². The van der Waals surface area contributed by atoms with Gasteiger partial charge in [0.2, 0.25) is 0 Å². The van der Waals surface area contributed by atoms with Crippen LogP contribution in [-0.4, -0.2) is 24.8 Å². The van der Waals surface area contributed by atoms with Gasteiger partial charge in [0, 0.05) is 19.2 Å². The summed E-state index contributed by atoms with van der Waals surface area (Å²) in [5, 5.41) is 3.54. The van der Waals surface area contributed by atoms with Crippen LogP contribution >= 0.6 is 0 Å². The second kappa shape index (κ2) is 7.29. The van der Waals surface area contributed by atoms with Crippen LogP contribution in [0.15, 0.2) is 0 Å². The first-order valence-corrected chi connectivity index (χ1v) is 7.06. The lowest BCUT2D eigenvalue weighted by Crippen LogP contribution is -2.43. The number of hydrogen-bond donors (Lipinski definition) is 1. The molecule has 2 nitrogen and oxygen atoms in total. The second-order valence-corrected chi connectivity index (χ2v) is 5.48. The van der Waals surface area contributed by atoms with Gasteiger partial charge in [0.25, 0.3) is 0 Å². The average Bonchev–Trinajstić information content (AvgIpc) is 2.71. The van der Waals surface area contributed by atoms with E-state index in [9.17, 15) is 0 Å². The van der Waals surface area contributed by atoms with Gasteiger partial charge in [0.05, 0.1) is 5.60 Å². The Bertz CT molecular complexity index is 174. The SMILES string of the molecule is CCCCCOC1(CNC(C)C)CCCC1. The molecule has 96 valence electrons. The Morgan fingerprint density at radius 3 is 2.44 bits per heavy atom. The van der Waals surface area contributed by atoms with Crippen molar-refractivity contribution in [3.8, 4) is 0 Å². The summed E-state index contributed by atoms with van der Waals surface area (Å²) in [4.78, 5) is 0. The van der Waals surface area contributed by atoms with E-state index in [0.717, 1.165) is 13.2 Å². The molecule has 1 fully saturated rings. The van der Waals surface area contributed by atoms with E-state index in [4.69, 9.17) is 4.74 Å². The van der Waals surface area contributed by atoms with E-state index in [2.05, 4.69) is 26.1 Å². The van der Waals surface area contributed by atoms with Crippen molar-refractivity contribution in [1.29, 1.82) is 0 Å². The molecule has 0 radical (unpaired) electrons. The second-order valence-electron chi connectivity index (χ2n) is 5.48. The summed E-state index contributed by atoms with van der Waals surface area (Å²) in [6.07, 6.45) is 8.98. The molecule has 16 heavy (non-hydrogen) atoms. The third kappa shape index (κ3) is 4.84. The number of ether oxygens (including phenoxy) is 1. The Balaban J connectivity index is 2.27. The Labute approximate surface area is 101 Å². The van der Waals surface area contributed by atoms with Crippen LogP contribution in [0.2, 0.25) is 0 Å². The van der Waals surface area contributed by atoms with E-state index in [1.807, 2.05) is 0 Å². The van der Waals surface area contributed by atoms with Crippen LogP contribution in [0.4, 0.5) is 0 Å². The van der Waals surface area contributed by atoms with Gasteiger partial charge < -0.3 is 10.1 Å². The highest BCUT2D eigenvalue weighted by atomic mass is 16.5. The van der Waals surface area contributed by atoms with Gasteiger partial charge in [-0.25, -0.2) is 0 Å². The van der Waals surface area contributed by atoms with Gasteiger partial charge in [0.15, 0.2) is 0 Å². The highest BCUT2D eigenvalue weighted by Gasteiger charge is 2.34. The first-order chi connectivity index (χ1) is 7.68. The van der Waals surface area contributed by atoms with E-state index in [0.29, 0.717) is 6.04 Å². The molecule has 0 atom stereocenters. The van der Waals surface area contributed by atoms with E-state index in [1.54, 1.807) is 0 Å². The minimum atomic E-state index is 0.165. The van der Waals surface area contributed by atoms with Gasteiger partial charge in [0.1, 0.15) is 0 Å². The number of rotatable bonds is 8. The molecule has 0 aliphatic heterocycles. The molecular weight excluding hydrogens is 198 g/mol. The predicted molar refractivity (Wildman–Crippen MR) is 69.8 cm³/mol. The average molecular weight is 227 g/mol. The molecular formula is C14H29NO. The summed E-state index contributed by atoms with van der Waals surface area (Å²) >= 11 is 0. The normalized spacial score (nSPS) is 19.5. The first-order valence-electron chi connectivity index (χ1n) is 7.06. The van der Waals surface area contributed by atoms with E-state index < -0.39 is 0 Å². The van der Waals surface area contributed by atoms with Crippen molar-refractivity contribution in [2.45, 2.75) is 77.4 Å². The topological polar surface area (TPSA) is 21.3 Å². The summed E-state index contributed by atoms with van der Waals surface area (Å²) in [5.74, 6) is 0. The molecule has 1 rings (SSSR count). The van der Waals surface area contributed by atoms with Crippen LogP contribution in [0.3, 0.4) is 0 Å². The van der Waals surface area contributed by atoms with Crippen LogP contribution in [0.25, 0.3) is 0 Å². The summed E-state index contributed by atoms with van der Waals surface area (Å²) in [6.45, 7) is 8.65. The molecule has 0 amide bonds. The van der Waals surface area contributed by atoms with Crippen LogP contribution in [0.1, 0.15) is 65.7 Å². The monoisotopic (exact) mass is 227 g/mol. The quantitative estimate of drug-likeness (QED) is 0.641. The fourth-order valence-electron chi connectivity index (χ4n) is 2.42. The third-order valence-electron chi connectivity index (χ3n) is 3.50. The van der Waals surface area contributed by atoms with E-state index >= 15 is 0 Å². The number of hydrogen-bond acceptors (Lipinski definition) is 2. The lowest BCUT2D eigenvalue weighted by Gasteiger charge is -2.31. The summed E-state index contributed by atoms with van der Waals surface area (Å²) in [7, 11) is 0. The molecule has 2 heteroatoms. The maximum atomic E-state index is 6.18. The highest BCUT2D eigenvalue weighted by Crippen LogP contribution is 2.33. The highest BCUT2D eigenvalue weighted by molar-refractivity contribution is 4.89. The van der Waals surface area contributed by atoms with Crippen molar-refractivity contribution in [2.75, 3.05) is 13.2 Å². The van der Waals surface area contributed by atoms with Crippen molar-refractivity contribution in [1.82, 2.24) is 5.32 Å². The fraction of sp³-hybridized carbons (Fsp3) is 1.00. The Morgan fingerprint density at radius 2 is 1.88 bits per heavy atom. The van der Waals surface area contributed by atoms with Crippen LogP contribution < -0.4 is 5.32 Å². The largest absolute Gasteiger partial charge is 0.374 e. The van der Waals surface area contributed by atoms with Crippen molar-refractivity contribution in [3.63, 3.8) is 0 Å². The molecule has 1 aliphatic carbocycles. The zero-order chi connectivity index (χ0) is 11.9. The minimum absolute atomic E-state index is 0.165. The molecule has 1 N–H and O–H groups in total. The van der Waals surface area contributed by atoms with Crippen molar-refractivity contribution in [3.05, 3.63) is 0 Å². The maximum Gasteiger partial charge on any atom is 0.0806 e. The van der Waals surface area contributed by atoms with Gasteiger partial charge in [-0.2, -0.15) is 0 Å². The summed E-state index contributed by atoms with van der Waals surface area (Å²) in [6, 6.07) is 0.566. The zero-order valence-corrected chi connectivity index (χ0v) is 11.3. The molecule has 0 spiro atoms. The smallest absolute Gasteiger partial charge is 0.0806 e. The molecule has 0 bridgehead atoms. The van der Waals surface area contributed by atoms with Gasteiger partial charge in [-0.15, -0.1) is 0 Å². The standard InChI is InChI=1S/C14H29NO/c1-4-5-8-11-16-14(9-6-7-10-14)12-15-13(2)3/h13,15H,4-12H2,1-3H3. The molecule has 0 aromatic heterocycles. The molecule has 1 aliphatic rings. The van der Waals surface area contributed by atoms with Gasteiger partial charge in [-0.1, -0.05) is 46.5 Å². The van der Waals surface area contributed by atoms with Crippen LogP contribution in [0.5, 0.6) is 0 Å². The van der Waals surface area contributed by atoms with Gasteiger partial charge >= 0.3 is 0 Å². The lowest BCUT2D eigenvalue weighted by molar-refractivity contribution is -0.0417. The maximum absolute atomic E-state index is 6.18. The molecule has 0 saturated heterocycles. The van der Waals surface area contributed by atoms with Crippen molar-refractivity contribution in [2.24, 2.45) is 0 Å². The number of unbranched alkanes of at least 4 members (excludes halogenated alkanes) is 2. The fourth-order valence-corrected chi connectivity index (χ4v) is 2.42. The zero-order valence-electron chi connectivity index (χ0n) is 11.3. The predicted octanol–water partition coefficient (Wildman–Crippen LogP) is 3.50. The Kier molecular flexibility index (Phi) is 6.37.